The third-order valence-electron chi connectivity index (χ3n) is 4.01. The molecule has 0 radical (unpaired) electrons. The lowest BCUT2D eigenvalue weighted by Crippen LogP contribution is -2.43. The fourth-order valence-electron chi connectivity index (χ4n) is 2.99. The van der Waals surface area contributed by atoms with Crippen molar-refractivity contribution in [2.24, 2.45) is 0 Å². The molecule has 0 spiro atoms. The molecule has 102 valence electrons. The summed E-state index contributed by atoms with van der Waals surface area (Å²) in [5, 5.41) is 3.40. The van der Waals surface area contributed by atoms with Crippen LogP contribution in [-0.2, 0) is 9.53 Å². The van der Waals surface area contributed by atoms with Gasteiger partial charge in [-0.2, -0.15) is 0 Å². The zero-order chi connectivity index (χ0) is 13.2. The highest BCUT2D eigenvalue weighted by molar-refractivity contribution is 5.84. The van der Waals surface area contributed by atoms with E-state index in [9.17, 15) is 4.79 Å². The number of carbonyl (C=O) groups excluding carboxylic acids is 1. The van der Waals surface area contributed by atoms with Crippen LogP contribution in [0.5, 0.6) is 0 Å². The Bertz CT molecular complexity index is 443. The fraction of sp³-hybridized carbons (Fsp3) is 0.533. The molecule has 19 heavy (non-hydrogen) atoms. The first-order valence-corrected chi connectivity index (χ1v) is 6.98. The number of nitrogens with one attached hydrogen (secondary N) is 1. The first-order valence-electron chi connectivity index (χ1n) is 6.98. The number of rotatable bonds is 2. The molecule has 3 rings (SSSR count). The van der Waals surface area contributed by atoms with E-state index in [1.54, 1.807) is 0 Å². The van der Waals surface area contributed by atoms with E-state index in [2.05, 4.69) is 17.4 Å². The van der Waals surface area contributed by atoms with Gasteiger partial charge in [0.05, 0.1) is 6.04 Å². The van der Waals surface area contributed by atoms with Gasteiger partial charge in [-0.05, 0) is 25.3 Å². The van der Waals surface area contributed by atoms with Crippen molar-refractivity contribution in [2.75, 3.05) is 13.2 Å². The Morgan fingerprint density at radius 1 is 1.21 bits per heavy atom. The second-order valence-electron chi connectivity index (χ2n) is 5.29. The van der Waals surface area contributed by atoms with Gasteiger partial charge in [-0.15, -0.1) is 0 Å². The van der Waals surface area contributed by atoms with Crippen LogP contribution in [-0.4, -0.2) is 36.1 Å². The summed E-state index contributed by atoms with van der Waals surface area (Å²) in [6.07, 6.45) is 1.87. The number of amides is 1. The molecule has 1 aromatic carbocycles. The number of hydrogen-bond acceptors (Lipinski definition) is 3. The fourth-order valence-corrected chi connectivity index (χ4v) is 2.99. The number of benzene rings is 1. The summed E-state index contributed by atoms with van der Waals surface area (Å²) in [5.74, 6) is 0.209. The molecule has 2 heterocycles. The van der Waals surface area contributed by atoms with Crippen LogP contribution < -0.4 is 5.32 Å². The van der Waals surface area contributed by atoms with Crippen LogP contribution in [0.15, 0.2) is 30.3 Å². The Hall–Kier alpha value is -1.39. The molecule has 0 aromatic heterocycles. The van der Waals surface area contributed by atoms with Crippen molar-refractivity contribution in [2.45, 2.75) is 38.0 Å². The zero-order valence-corrected chi connectivity index (χ0v) is 11.2. The van der Waals surface area contributed by atoms with Crippen molar-refractivity contribution in [1.29, 1.82) is 0 Å². The Kier molecular flexibility index (Phi) is 3.53. The van der Waals surface area contributed by atoms with Crippen LogP contribution >= 0.6 is 0 Å². The Morgan fingerprint density at radius 3 is 2.58 bits per heavy atom. The van der Waals surface area contributed by atoms with E-state index < -0.39 is 0 Å². The summed E-state index contributed by atoms with van der Waals surface area (Å²) in [6.45, 7) is 3.45. The summed E-state index contributed by atoms with van der Waals surface area (Å²) in [5.41, 5.74) is 1.16. The van der Waals surface area contributed by atoms with E-state index in [4.69, 9.17) is 4.74 Å². The molecule has 4 nitrogen and oxygen atoms in total. The summed E-state index contributed by atoms with van der Waals surface area (Å²) in [7, 11) is 0. The maximum Gasteiger partial charge on any atom is 0.241 e. The summed E-state index contributed by atoms with van der Waals surface area (Å²) >= 11 is 0. The van der Waals surface area contributed by atoms with Crippen LogP contribution in [0, 0.1) is 0 Å². The predicted octanol–water partition coefficient (Wildman–Crippen LogP) is 1.68. The quantitative estimate of drug-likeness (QED) is 0.879. The monoisotopic (exact) mass is 260 g/mol. The van der Waals surface area contributed by atoms with Crippen LogP contribution in [0.4, 0.5) is 0 Å². The van der Waals surface area contributed by atoms with E-state index in [0.717, 1.165) is 31.6 Å². The van der Waals surface area contributed by atoms with Gasteiger partial charge in [0.25, 0.3) is 0 Å². The molecule has 0 aliphatic carbocycles. The van der Waals surface area contributed by atoms with Gasteiger partial charge in [0.1, 0.15) is 6.17 Å². The number of ether oxygens (including phenoxy) is 1. The molecule has 2 aliphatic heterocycles. The van der Waals surface area contributed by atoms with Gasteiger partial charge in [-0.3, -0.25) is 10.1 Å². The van der Waals surface area contributed by atoms with Crippen molar-refractivity contribution in [3.8, 4) is 0 Å². The van der Waals surface area contributed by atoms with Crippen LogP contribution in [0.25, 0.3) is 0 Å². The van der Waals surface area contributed by atoms with Crippen molar-refractivity contribution >= 4 is 5.91 Å². The number of carbonyl (C=O) groups is 1. The van der Waals surface area contributed by atoms with Crippen LogP contribution in [0.1, 0.15) is 31.5 Å². The Balaban J connectivity index is 1.87. The lowest BCUT2D eigenvalue weighted by atomic mass is 10.0. The molecule has 2 unspecified atom stereocenters. The van der Waals surface area contributed by atoms with Gasteiger partial charge >= 0.3 is 0 Å². The zero-order valence-electron chi connectivity index (χ0n) is 11.2. The van der Waals surface area contributed by atoms with Crippen LogP contribution in [0.2, 0.25) is 0 Å². The van der Waals surface area contributed by atoms with Crippen molar-refractivity contribution < 1.29 is 9.53 Å². The molecule has 2 saturated heterocycles. The molecular weight excluding hydrogens is 240 g/mol. The summed E-state index contributed by atoms with van der Waals surface area (Å²) in [4.78, 5) is 14.4. The lowest BCUT2D eigenvalue weighted by molar-refractivity contribution is -0.134. The van der Waals surface area contributed by atoms with E-state index in [1.165, 1.54) is 0 Å². The third-order valence-corrected chi connectivity index (χ3v) is 4.01. The molecule has 4 heteroatoms. The first kappa shape index (κ1) is 12.6. The number of nitrogens with zero attached hydrogens (tertiary/aromatic N) is 1. The molecule has 2 aliphatic rings. The average molecular weight is 260 g/mol. The Morgan fingerprint density at radius 2 is 1.89 bits per heavy atom. The molecule has 1 amide bonds. The second kappa shape index (κ2) is 5.31. The lowest BCUT2D eigenvalue weighted by Gasteiger charge is -2.35. The second-order valence-corrected chi connectivity index (χ2v) is 5.29. The standard InChI is InChI=1S/C15H20N2O2/c1-11-15(18)17(13-7-9-19-10-8-13)14(16-11)12-5-3-2-4-6-12/h2-6,11,13-14,16H,7-10H2,1H3. The molecular formula is C15H20N2O2. The van der Waals surface area contributed by atoms with Gasteiger partial charge in [0, 0.05) is 19.3 Å². The van der Waals surface area contributed by atoms with Crippen molar-refractivity contribution in [3.63, 3.8) is 0 Å². The molecule has 2 atom stereocenters. The van der Waals surface area contributed by atoms with Gasteiger partial charge in [0.15, 0.2) is 0 Å². The molecule has 0 bridgehead atoms. The van der Waals surface area contributed by atoms with E-state index in [-0.39, 0.29) is 18.1 Å². The first-order chi connectivity index (χ1) is 9.27. The Labute approximate surface area is 113 Å². The van der Waals surface area contributed by atoms with Gasteiger partial charge in [-0.25, -0.2) is 0 Å². The molecule has 1 aromatic rings. The smallest absolute Gasteiger partial charge is 0.241 e. The third kappa shape index (κ3) is 2.38. The molecule has 2 fully saturated rings. The highest BCUT2D eigenvalue weighted by Gasteiger charge is 2.41. The van der Waals surface area contributed by atoms with E-state index in [1.807, 2.05) is 30.0 Å². The highest BCUT2D eigenvalue weighted by Crippen LogP contribution is 2.30. The molecule has 1 N–H and O–H groups in total. The average Bonchev–Trinajstić information content (AvgIpc) is 2.77. The van der Waals surface area contributed by atoms with Crippen LogP contribution in [0.3, 0.4) is 0 Å². The van der Waals surface area contributed by atoms with E-state index in [0.29, 0.717) is 6.04 Å². The maximum atomic E-state index is 12.4. The minimum absolute atomic E-state index is 0.00630. The largest absolute Gasteiger partial charge is 0.381 e. The van der Waals surface area contributed by atoms with Gasteiger partial charge in [-0.1, -0.05) is 30.3 Å². The topological polar surface area (TPSA) is 41.6 Å². The predicted molar refractivity (Wildman–Crippen MR) is 72.5 cm³/mol. The minimum atomic E-state index is -0.104. The van der Waals surface area contributed by atoms with Crippen molar-refractivity contribution in [1.82, 2.24) is 10.2 Å². The minimum Gasteiger partial charge on any atom is -0.381 e. The van der Waals surface area contributed by atoms with E-state index >= 15 is 0 Å². The SMILES string of the molecule is CC1NC(c2ccccc2)N(C2CCOCC2)C1=O. The summed E-state index contributed by atoms with van der Waals surface area (Å²) < 4.78 is 5.40. The van der Waals surface area contributed by atoms with Crippen molar-refractivity contribution in [3.05, 3.63) is 35.9 Å². The normalized spacial score (nSPS) is 28.9. The van der Waals surface area contributed by atoms with Gasteiger partial charge in [0.2, 0.25) is 5.91 Å². The maximum absolute atomic E-state index is 12.4. The highest BCUT2D eigenvalue weighted by atomic mass is 16.5. The van der Waals surface area contributed by atoms with Gasteiger partial charge < -0.3 is 9.64 Å². The molecule has 0 saturated carbocycles. The number of hydrogen-bond donors (Lipinski definition) is 1. The summed E-state index contributed by atoms with van der Waals surface area (Å²) in [6, 6.07) is 10.4.